The molecule has 1 N–H and O–H groups in total. The lowest BCUT2D eigenvalue weighted by molar-refractivity contribution is 0.0443. The molecule has 1 saturated heterocycles. The van der Waals surface area contributed by atoms with E-state index < -0.39 is 0 Å². The molecule has 0 aliphatic carbocycles. The molecule has 13 heavy (non-hydrogen) atoms. The van der Waals surface area contributed by atoms with E-state index in [1.807, 2.05) is 0 Å². The summed E-state index contributed by atoms with van der Waals surface area (Å²) in [4.78, 5) is 4.85. The Hall–Kier alpha value is -0.120. The van der Waals surface area contributed by atoms with Crippen molar-refractivity contribution >= 4 is 0 Å². The molecule has 0 spiro atoms. The van der Waals surface area contributed by atoms with E-state index in [4.69, 9.17) is 5.11 Å². The first-order valence-electron chi connectivity index (χ1n) is 5.24. The molecule has 0 radical (unpaired) electrons. The van der Waals surface area contributed by atoms with Crippen LogP contribution in [0.1, 0.15) is 20.3 Å². The summed E-state index contributed by atoms with van der Waals surface area (Å²) in [5.41, 5.74) is 0. The minimum absolute atomic E-state index is 0.306. The van der Waals surface area contributed by atoms with Gasteiger partial charge in [-0.15, -0.1) is 0 Å². The van der Waals surface area contributed by atoms with Crippen LogP contribution in [0.15, 0.2) is 0 Å². The number of rotatable bonds is 3. The molecule has 1 fully saturated rings. The normalized spacial score (nSPS) is 32.3. The lowest BCUT2D eigenvalue weighted by Crippen LogP contribution is -2.55. The van der Waals surface area contributed by atoms with E-state index in [-0.39, 0.29) is 0 Å². The fourth-order valence-corrected chi connectivity index (χ4v) is 2.17. The molecule has 0 aromatic rings. The van der Waals surface area contributed by atoms with Crippen molar-refractivity contribution in [3.63, 3.8) is 0 Å². The van der Waals surface area contributed by atoms with Gasteiger partial charge in [0, 0.05) is 31.8 Å². The zero-order valence-corrected chi connectivity index (χ0v) is 9.03. The number of hydrogen-bond acceptors (Lipinski definition) is 3. The van der Waals surface area contributed by atoms with E-state index >= 15 is 0 Å². The Kier molecular flexibility index (Phi) is 4.16. The highest BCUT2D eigenvalue weighted by molar-refractivity contribution is 4.84. The van der Waals surface area contributed by atoms with E-state index in [0.29, 0.717) is 18.7 Å². The predicted molar refractivity (Wildman–Crippen MR) is 54.8 cm³/mol. The Balaban J connectivity index is 2.48. The molecule has 0 amide bonds. The largest absolute Gasteiger partial charge is 0.396 e. The zero-order chi connectivity index (χ0) is 9.84. The fourth-order valence-electron chi connectivity index (χ4n) is 2.17. The Morgan fingerprint density at radius 2 is 2.08 bits per heavy atom. The molecule has 78 valence electrons. The Morgan fingerprint density at radius 3 is 2.62 bits per heavy atom. The van der Waals surface area contributed by atoms with Crippen LogP contribution >= 0.6 is 0 Å². The van der Waals surface area contributed by atoms with Crippen LogP contribution in [0.4, 0.5) is 0 Å². The molecule has 0 aromatic carbocycles. The molecule has 1 aliphatic heterocycles. The first kappa shape index (κ1) is 11.0. The SMILES string of the molecule is CCN1CC(CCO)N(C)CC1C. The molecular weight excluding hydrogens is 164 g/mol. The average Bonchev–Trinajstić information content (AvgIpc) is 2.10. The summed E-state index contributed by atoms with van der Waals surface area (Å²) in [6.45, 7) is 8.14. The van der Waals surface area contributed by atoms with Crippen molar-refractivity contribution in [3.8, 4) is 0 Å². The maximum absolute atomic E-state index is 8.92. The van der Waals surface area contributed by atoms with Gasteiger partial charge in [0.15, 0.2) is 0 Å². The Morgan fingerprint density at radius 1 is 1.38 bits per heavy atom. The molecule has 2 unspecified atom stereocenters. The Labute approximate surface area is 81.3 Å². The van der Waals surface area contributed by atoms with Gasteiger partial charge < -0.3 is 10.0 Å². The Bertz CT molecular complexity index is 152. The minimum atomic E-state index is 0.306. The van der Waals surface area contributed by atoms with Crippen LogP contribution in [-0.4, -0.2) is 60.3 Å². The number of hydrogen-bond donors (Lipinski definition) is 1. The third-order valence-corrected chi connectivity index (χ3v) is 3.11. The van der Waals surface area contributed by atoms with Gasteiger partial charge in [-0.05, 0) is 26.9 Å². The first-order valence-corrected chi connectivity index (χ1v) is 5.24. The highest BCUT2D eigenvalue weighted by Crippen LogP contribution is 2.15. The molecule has 2 atom stereocenters. The zero-order valence-electron chi connectivity index (χ0n) is 9.03. The highest BCUT2D eigenvalue weighted by atomic mass is 16.3. The average molecular weight is 186 g/mol. The van der Waals surface area contributed by atoms with Crippen molar-refractivity contribution in [3.05, 3.63) is 0 Å². The number of piperazine rings is 1. The second-order valence-corrected chi connectivity index (χ2v) is 4.04. The van der Waals surface area contributed by atoms with Crippen LogP contribution in [-0.2, 0) is 0 Å². The first-order chi connectivity index (χ1) is 6.19. The van der Waals surface area contributed by atoms with E-state index in [2.05, 4.69) is 30.7 Å². The van der Waals surface area contributed by atoms with Crippen LogP contribution in [0.2, 0.25) is 0 Å². The van der Waals surface area contributed by atoms with Crippen molar-refractivity contribution in [1.82, 2.24) is 9.80 Å². The van der Waals surface area contributed by atoms with Gasteiger partial charge in [-0.1, -0.05) is 6.92 Å². The minimum Gasteiger partial charge on any atom is -0.396 e. The molecule has 0 aromatic heterocycles. The molecule has 1 aliphatic rings. The van der Waals surface area contributed by atoms with Crippen molar-refractivity contribution in [2.24, 2.45) is 0 Å². The van der Waals surface area contributed by atoms with Gasteiger partial charge in [0.05, 0.1) is 0 Å². The summed E-state index contributed by atoms with van der Waals surface area (Å²) in [5, 5.41) is 8.92. The van der Waals surface area contributed by atoms with Gasteiger partial charge in [0.1, 0.15) is 0 Å². The monoisotopic (exact) mass is 186 g/mol. The summed E-state index contributed by atoms with van der Waals surface area (Å²) >= 11 is 0. The van der Waals surface area contributed by atoms with Gasteiger partial charge in [0.2, 0.25) is 0 Å². The highest BCUT2D eigenvalue weighted by Gasteiger charge is 2.27. The van der Waals surface area contributed by atoms with Crippen molar-refractivity contribution in [2.75, 3.05) is 33.3 Å². The van der Waals surface area contributed by atoms with Crippen molar-refractivity contribution in [1.29, 1.82) is 0 Å². The molecular formula is C10H22N2O. The fraction of sp³-hybridized carbons (Fsp3) is 1.00. The molecule has 3 nitrogen and oxygen atoms in total. The van der Waals surface area contributed by atoms with Crippen LogP contribution in [0.5, 0.6) is 0 Å². The van der Waals surface area contributed by atoms with Crippen LogP contribution in [0.3, 0.4) is 0 Å². The van der Waals surface area contributed by atoms with Gasteiger partial charge in [-0.25, -0.2) is 0 Å². The molecule has 1 rings (SSSR count). The molecule has 0 saturated carbocycles. The smallest absolute Gasteiger partial charge is 0.0446 e. The topological polar surface area (TPSA) is 26.7 Å². The van der Waals surface area contributed by atoms with Crippen molar-refractivity contribution < 1.29 is 5.11 Å². The van der Waals surface area contributed by atoms with E-state index in [9.17, 15) is 0 Å². The van der Waals surface area contributed by atoms with Gasteiger partial charge >= 0.3 is 0 Å². The molecule has 1 heterocycles. The number of aliphatic hydroxyl groups is 1. The van der Waals surface area contributed by atoms with Gasteiger partial charge in [0.25, 0.3) is 0 Å². The maximum Gasteiger partial charge on any atom is 0.0446 e. The summed E-state index contributed by atoms with van der Waals surface area (Å²) in [6, 6.07) is 1.20. The van der Waals surface area contributed by atoms with Crippen LogP contribution < -0.4 is 0 Å². The number of aliphatic hydroxyl groups excluding tert-OH is 1. The maximum atomic E-state index is 8.92. The van der Waals surface area contributed by atoms with Crippen LogP contribution in [0, 0.1) is 0 Å². The third kappa shape index (κ3) is 2.66. The van der Waals surface area contributed by atoms with E-state index in [0.717, 1.165) is 26.1 Å². The summed E-state index contributed by atoms with van der Waals surface area (Å²) in [5.74, 6) is 0. The lowest BCUT2D eigenvalue weighted by atomic mass is 10.1. The number of nitrogens with zero attached hydrogens (tertiary/aromatic N) is 2. The second kappa shape index (κ2) is 4.94. The quantitative estimate of drug-likeness (QED) is 0.691. The van der Waals surface area contributed by atoms with E-state index in [1.165, 1.54) is 0 Å². The standard InChI is InChI=1S/C10H22N2O/c1-4-12-8-10(5-6-13)11(3)7-9(12)2/h9-10,13H,4-8H2,1-3H3. The second-order valence-electron chi connectivity index (χ2n) is 4.04. The van der Waals surface area contributed by atoms with Gasteiger partial charge in [-0.3, -0.25) is 4.90 Å². The summed E-state index contributed by atoms with van der Waals surface area (Å²) in [7, 11) is 2.16. The summed E-state index contributed by atoms with van der Waals surface area (Å²) < 4.78 is 0. The van der Waals surface area contributed by atoms with E-state index in [1.54, 1.807) is 0 Å². The van der Waals surface area contributed by atoms with Crippen molar-refractivity contribution in [2.45, 2.75) is 32.4 Å². The van der Waals surface area contributed by atoms with Gasteiger partial charge in [-0.2, -0.15) is 0 Å². The molecule has 3 heteroatoms. The summed E-state index contributed by atoms with van der Waals surface area (Å²) in [6.07, 6.45) is 0.903. The predicted octanol–water partition coefficient (Wildman–Crippen LogP) is 0.393. The third-order valence-electron chi connectivity index (χ3n) is 3.11. The van der Waals surface area contributed by atoms with Crippen LogP contribution in [0.25, 0.3) is 0 Å². The molecule has 0 bridgehead atoms. The number of likely N-dealkylation sites (N-methyl/N-ethyl adjacent to an activating group) is 2. The lowest BCUT2D eigenvalue weighted by Gasteiger charge is -2.43.